The number of primary amides is 1. The van der Waals surface area contributed by atoms with Crippen LogP contribution in [0.3, 0.4) is 0 Å². The van der Waals surface area contributed by atoms with Gasteiger partial charge in [-0.3, -0.25) is 19.2 Å². The SMILES string of the molecule is CC(C)C(NC(=O)C(NC(=O)C(N)CO)C(C)O)C(=O)NC(CCC(N)=O)C(=O)O. The molecule has 0 aliphatic heterocycles. The van der Waals surface area contributed by atoms with E-state index in [2.05, 4.69) is 16.0 Å². The van der Waals surface area contributed by atoms with Gasteiger partial charge in [0.05, 0.1) is 12.7 Å². The first-order valence-corrected chi connectivity index (χ1v) is 9.28. The summed E-state index contributed by atoms with van der Waals surface area (Å²) in [5.74, 6) is -5.25. The highest BCUT2D eigenvalue weighted by molar-refractivity contribution is 5.94. The summed E-state index contributed by atoms with van der Waals surface area (Å²) in [6, 6.07) is -5.41. The van der Waals surface area contributed by atoms with Crippen molar-refractivity contribution in [2.24, 2.45) is 17.4 Å². The Morgan fingerprint density at radius 3 is 1.80 bits per heavy atom. The van der Waals surface area contributed by atoms with E-state index in [0.29, 0.717) is 0 Å². The van der Waals surface area contributed by atoms with Crippen molar-refractivity contribution in [1.82, 2.24) is 16.0 Å². The van der Waals surface area contributed by atoms with Crippen molar-refractivity contribution in [3.63, 3.8) is 0 Å². The number of nitrogens with two attached hydrogens (primary N) is 2. The Morgan fingerprint density at radius 2 is 1.40 bits per heavy atom. The predicted molar refractivity (Wildman–Crippen MR) is 103 cm³/mol. The second-order valence-corrected chi connectivity index (χ2v) is 7.15. The summed E-state index contributed by atoms with van der Waals surface area (Å²) in [6.45, 7) is 3.71. The Labute approximate surface area is 173 Å². The smallest absolute Gasteiger partial charge is 0.326 e. The van der Waals surface area contributed by atoms with Crippen molar-refractivity contribution in [3.8, 4) is 0 Å². The molecule has 0 rings (SSSR count). The number of rotatable bonds is 13. The van der Waals surface area contributed by atoms with Gasteiger partial charge in [0, 0.05) is 6.42 Å². The maximum absolute atomic E-state index is 12.5. The minimum atomic E-state index is -1.48. The summed E-state index contributed by atoms with van der Waals surface area (Å²) in [6.07, 6.45) is -1.87. The van der Waals surface area contributed by atoms with E-state index in [4.69, 9.17) is 16.6 Å². The fraction of sp³-hybridized carbons (Fsp3) is 0.706. The third-order valence-corrected chi connectivity index (χ3v) is 4.14. The fourth-order valence-electron chi connectivity index (χ4n) is 2.33. The minimum Gasteiger partial charge on any atom is -0.480 e. The lowest BCUT2D eigenvalue weighted by Crippen LogP contribution is -2.61. The fourth-order valence-corrected chi connectivity index (χ4v) is 2.33. The highest BCUT2D eigenvalue weighted by Crippen LogP contribution is 2.06. The molecular weight excluding hydrogens is 402 g/mol. The average molecular weight is 433 g/mol. The highest BCUT2D eigenvalue weighted by atomic mass is 16.4. The van der Waals surface area contributed by atoms with Crippen molar-refractivity contribution in [2.75, 3.05) is 6.61 Å². The number of hydrogen-bond donors (Lipinski definition) is 8. The molecule has 30 heavy (non-hydrogen) atoms. The molecule has 13 heteroatoms. The van der Waals surface area contributed by atoms with Gasteiger partial charge in [-0.1, -0.05) is 13.8 Å². The first-order valence-electron chi connectivity index (χ1n) is 9.28. The Bertz CT molecular complexity index is 640. The molecule has 5 unspecified atom stereocenters. The summed E-state index contributed by atoms with van der Waals surface area (Å²) in [5.41, 5.74) is 10.4. The van der Waals surface area contributed by atoms with Gasteiger partial charge in [0.1, 0.15) is 24.2 Å². The molecular formula is C17H31N5O8. The van der Waals surface area contributed by atoms with E-state index in [9.17, 15) is 34.2 Å². The number of amides is 4. The van der Waals surface area contributed by atoms with Crippen LogP contribution in [0.5, 0.6) is 0 Å². The van der Waals surface area contributed by atoms with Crippen LogP contribution in [0.2, 0.25) is 0 Å². The number of aliphatic hydroxyl groups excluding tert-OH is 2. The molecule has 0 radical (unpaired) electrons. The van der Waals surface area contributed by atoms with Crippen molar-refractivity contribution >= 4 is 29.6 Å². The van der Waals surface area contributed by atoms with Gasteiger partial charge in [0.2, 0.25) is 23.6 Å². The van der Waals surface area contributed by atoms with Crippen LogP contribution in [0.1, 0.15) is 33.6 Å². The lowest BCUT2D eigenvalue weighted by atomic mass is 10.0. The summed E-state index contributed by atoms with van der Waals surface area (Å²) in [7, 11) is 0. The van der Waals surface area contributed by atoms with Crippen LogP contribution in [0.15, 0.2) is 0 Å². The molecule has 0 saturated heterocycles. The number of aliphatic carboxylic acids is 1. The Balaban J connectivity index is 5.32. The molecule has 0 heterocycles. The first-order chi connectivity index (χ1) is 13.8. The standard InChI is InChI=1S/C17H31N5O8/c1-7(2)12(15(27)20-10(17(29)30)4-5-11(19)25)21-16(28)13(8(3)24)22-14(26)9(18)6-23/h7-10,12-13,23-24H,4-6,18H2,1-3H3,(H2,19,25)(H,20,27)(H,21,28)(H,22,26)(H,29,30). The van der Waals surface area contributed by atoms with Crippen molar-refractivity contribution < 1.29 is 39.3 Å². The zero-order valence-electron chi connectivity index (χ0n) is 17.1. The number of carbonyl (C=O) groups excluding carboxylic acids is 4. The van der Waals surface area contributed by atoms with Gasteiger partial charge in [-0.25, -0.2) is 4.79 Å². The Hall–Kier alpha value is -2.77. The first kappa shape index (κ1) is 27.2. The van der Waals surface area contributed by atoms with E-state index in [1.807, 2.05) is 0 Å². The van der Waals surface area contributed by atoms with Gasteiger partial charge in [-0.15, -0.1) is 0 Å². The number of nitrogens with one attached hydrogen (secondary N) is 3. The average Bonchev–Trinajstić information content (AvgIpc) is 2.64. The lowest BCUT2D eigenvalue weighted by Gasteiger charge is -2.28. The number of carboxylic acids is 1. The summed E-state index contributed by atoms with van der Waals surface area (Å²) < 4.78 is 0. The number of hydrogen-bond acceptors (Lipinski definition) is 8. The van der Waals surface area contributed by atoms with E-state index in [0.717, 1.165) is 0 Å². The number of carbonyl (C=O) groups is 5. The molecule has 0 saturated carbocycles. The predicted octanol–water partition coefficient (Wildman–Crippen LogP) is -3.85. The van der Waals surface area contributed by atoms with Crippen LogP contribution in [-0.2, 0) is 24.0 Å². The molecule has 10 N–H and O–H groups in total. The molecule has 0 aromatic carbocycles. The zero-order chi connectivity index (χ0) is 23.6. The van der Waals surface area contributed by atoms with Gasteiger partial charge < -0.3 is 42.7 Å². The van der Waals surface area contributed by atoms with Crippen LogP contribution in [0.4, 0.5) is 0 Å². The minimum absolute atomic E-state index is 0.236. The summed E-state index contributed by atoms with van der Waals surface area (Å²) in [5, 5.41) is 34.7. The Kier molecular flexibility index (Phi) is 11.5. The third kappa shape index (κ3) is 9.15. The van der Waals surface area contributed by atoms with Crippen molar-refractivity contribution in [3.05, 3.63) is 0 Å². The van der Waals surface area contributed by atoms with E-state index in [1.165, 1.54) is 6.92 Å². The number of aliphatic hydroxyl groups is 2. The summed E-state index contributed by atoms with van der Waals surface area (Å²) in [4.78, 5) is 59.1. The summed E-state index contributed by atoms with van der Waals surface area (Å²) >= 11 is 0. The van der Waals surface area contributed by atoms with E-state index in [1.54, 1.807) is 13.8 Å². The Morgan fingerprint density at radius 1 is 0.900 bits per heavy atom. The molecule has 0 bridgehead atoms. The number of carboxylic acid groups (broad SMARTS) is 1. The molecule has 0 aromatic rings. The molecule has 4 amide bonds. The quantitative estimate of drug-likeness (QED) is 0.142. The van der Waals surface area contributed by atoms with Crippen LogP contribution >= 0.6 is 0 Å². The second-order valence-electron chi connectivity index (χ2n) is 7.15. The van der Waals surface area contributed by atoms with Gasteiger partial charge in [-0.2, -0.15) is 0 Å². The largest absolute Gasteiger partial charge is 0.480 e. The maximum Gasteiger partial charge on any atom is 0.326 e. The monoisotopic (exact) mass is 433 g/mol. The van der Waals surface area contributed by atoms with Gasteiger partial charge in [-0.05, 0) is 19.3 Å². The topological polar surface area (TPSA) is 234 Å². The third-order valence-electron chi connectivity index (χ3n) is 4.14. The van der Waals surface area contributed by atoms with Gasteiger partial charge in [0.25, 0.3) is 0 Å². The second kappa shape index (κ2) is 12.7. The van der Waals surface area contributed by atoms with Crippen molar-refractivity contribution in [2.45, 2.75) is 63.9 Å². The zero-order valence-corrected chi connectivity index (χ0v) is 17.1. The molecule has 172 valence electrons. The van der Waals surface area contributed by atoms with E-state index >= 15 is 0 Å². The molecule has 0 spiro atoms. The van der Waals surface area contributed by atoms with Crippen LogP contribution in [0.25, 0.3) is 0 Å². The molecule has 0 aliphatic rings. The lowest BCUT2D eigenvalue weighted by molar-refractivity contribution is -0.143. The normalized spacial score (nSPS) is 16.0. The van der Waals surface area contributed by atoms with E-state index < -0.39 is 72.4 Å². The van der Waals surface area contributed by atoms with Gasteiger partial charge >= 0.3 is 5.97 Å². The maximum atomic E-state index is 12.5. The molecule has 5 atom stereocenters. The van der Waals surface area contributed by atoms with Crippen molar-refractivity contribution in [1.29, 1.82) is 0 Å². The van der Waals surface area contributed by atoms with Crippen LogP contribution in [-0.4, -0.2) is 81.8 Å². The van der Waals surface area contributed by atoms with E-state index in [-0.39, 0.29) is 12.8 Å². The molecule has 0 aromatic heterocycles. The van der Waals surface area contributed by atoms with Crippen LogP contribution < -0.4 is 27.4 Å². The van der Waals surface area contributed by atoms with Crippen LogP contribution in [0, 0.1) is 5.92 Å². The molecule has 0 aliphatic carbocycles. The highest BCUT2D eigenvalue weighted by Gasteiger charge is 2.33. The molecule has 0 fully saturated rings. The molecule has 13 nitrogen and oxygen atoms in total. The van der Waals surface area contributed by atoms with Gasteiger partial charge in [0.15, 0.2) is 0 Å².